The maximum Gasteiger partial charge on any atom is 0.250 e. The minimum atomic E-state index is -3.20. The largest absolute Gasteiger partial charge is 0.493 e. The van der Waals surface area contributed by atoms with Gasteiger partial charge in [0.25, 0.3) is 5.91 Å². The van der Waals surface area contributed by atoms with Crippen molar-refractivity contribution < 1.29 is 22.7 Å². The van der Waals surface area contributed by atoms with Crippen LogP contribution < -0.4 is 20.5 Å². The molecule has 0 spiro atoms. The van der Waals surface area contributed by atoms with Gasteiger partial charge in [-0.05, 0) is 73.7 Å². The molecule has 1 aromatic heterocycles. The van der Waals surface area contributed by atoms with Crippen LogP contribution >= 0.6 is 0 Å². The predicted molar refractivity (Wildman–Crippen MR) is 141 cm³/mol. The number of methoxy groups -OCH3 is 2. The summed E-state index contributed by atoms with van der Waals surface area (Å²) in [5.74, 6) is 1.01. The van der Waals surface area contributed by atoms with Crippen LogP contribution in [0.4, 0.5) is 0 Å². The van der Waals surface area contributed by atoms with Crippen molar-refractivity contribution in [2.45, 2.75) is 32.2 Å². The predicted octanol–water partition coefficient (Wildman–Crippen LogP) is 3.20. The first-order valence-electron chi connectivity index (χ1n) is 12.1. The van der Waals surface area contributed by atoms with E-state index in [-0.39, 0.29) is 11.7 Å². The van der Waals surface area contributed by atoms with Gasteiger partial charge in [-0.3, -0.25) is 4.79 Å². The summed E-state index contributed by atoms with van der Waals surface area (Å²) in [5, 5.41) is 4.07. The molecule has 1 fully saturated rings. The van der Waals surface area contributed by atoms with E-state index in [1.54, 1.807) is 31.5 Å². The van der Waals surface area contributed by atoms with Crippen LogP contribution in [0.3, 0.4) is 0 Å². The molecule has 36 heavy (non-hydrogen) atoms. The number of hydrogen-bond donors (Lipinski definition) is 3. The van der Waals surface area contributed by atoms with E-state index in [1.807, 2.05) is 25.4 Å². The van der Waals surface area contributed by atoms with Crippen LogP contribution in [-0.2, 0) is 16.6 Å². The average molecular weight is 515 g/mol. The van der Waals surface area contributed by atoms with Gasteiger partial charge in [-0.2, -0.15) is 0 Å². The Bertz CT molecular complexity index is 1370. The van der Waals surface area contributed by atoms with E-state index in [0.717, 1.165) is 27.6 Å². The number of nitrogens with two attached hydrogens (primary N) is 1. The molecule has 0 aliphatic carbocycles. The molecule has 1 saturated heterocycles. The Hall–Kier alpha value is -3.08. The Morgan fingerprint density at radius 3 is 2.42 bits per heavy atom. The number of ether oxygens (including phenoxy) is 2. The molecule has 10 heteroatoms. The van der Waals surface area contributed by atoms with Gasteiger partial charge >= 0.3 is 0 Å². The van der Waals surface area contributed by atoms with E-state index in [2.05, 4.69) is 16.4 Å². The summed E-state index contributed by atoms with van der Waals surface area (Å²) in [4.78, 5) is 15.7. The smallest absolute Gasteiger partial charge is 0.250 e. The summed E-state index contributed by atoms with van der Waals surface area (Å²) in [7, 11) is 1.86. The molecule has 0 radical (unpaired) electrons. The first kappa shape index (κ1) is 26.0. The zero-order chi connectivity index (χ0) is 26.0. The monoisotopic (exact) mass is 514 g/mol. The lowest BCUT2D eigenvalue weighted by molar-refractivity contribution is 0.100. The summed E-state index contributed by atoms with van der Waals surface area (Å²) in [5.41, 5.74) is 10.6. The molecule has 194 valence electrons. The maximum atomic E-state index is 12.4. The van der Waals surface area contributed by atoms with Crippen molar-refractivity contribution in [2.24, 2.45) is 5.73 Å². The highest BCUT2D eigenvalue weighted by Crippen LogP contribution is 2.40. The lowest BCUT2D eigenvalue weighted by Crippen LogP contribution is -2.38. The normalized spacial score (nSPS) is 15.3. The number of hydrogen-bond acceptors (Lipinski definition) is 6. The second-order valence-corrected chi connectivity index (χ2v) is 11.3. The van der Waals surface area contributed by atoms with Crippen molar-refractivity contribution in [3.8, 4) is 22.6 Å². The Labute approximate surface area is 212 Å². The lowest BCUT2D eigenvalue weighted by Gasteiger charge is -2.31. The molecule has 1 aliphatic heterocycles. The topological polar surface area (TPSA) is 127 Å². The number of nitrogens with one attached hydrogen (secondary N) is 2. The number of rotatable bonds is 9. The summed E-state index contributed by atoms with van der Waals surface area (Å²) in [6.07, 6.45) is 3.35. The van der Waals surface area contributed by atoms with E-state index in [0.29, 0.717) is 55.1 Å². The van der Waals surface area contributed by atoms with E-state index in [4.69, 9.17) is 15.2 Å². The average Bonchev–Trinajstić information content (AvgIpc) is 3.31. The minimum absolute atomic E-state index is 0.108. The molecule has 3 aromatic rings. The molecule has 1 amide bonds. The molecule has 0 bridgehead atoms. The number of aromatic amines is 1. The standard InChI is InChI=1S/C26H34N4O5S/c1-5-36(32,33)30-8-6-16(7-9-30)22-15-29-24-20(22)11-18(12-21(24)26(27)31)17-10-19(14-28-2)25(35-4)23(13-17)34-3/h10-13,15-16,28-29H,5-9,14H2,1-4H3,(H2,27,31). The highest BCUT2D eigenvalue weighted by atomic mass is 32.2. The summed E-state index contributed by atoms with van der Waals surface area (Å²) >= 11 is 0. The van der Waals surface area contributed by atoms with Gasteiger partial charge < -0.3 is 25.5 Å². The molecule has 0 unspecified atom stereocenters. The Morgan fingerprint density at radius 2 is 1.83 bits per heavy atom. The second-order valence-electron chi connectivity index (χ2n) is 9.03. The van der Waals surface area contributed by atoms with Crippen molar-refractivity contribution in [1.82, 2.24) is 14.6 Å². The first-order chi connectivity index (χ1) is 17.2. The fourth-order valence-corrected chi connectivity index (χ4v) is 6.24. The number of piperidine rings is 1. The van der Waals surface area contributed by atoms with Crippen molar-refractivity contribution >= 4 is 26.8 Å². The number of primary amides is 1. The van der Waals surface area contributed by atoms with E-state index >= 15 is 0 Å². The number of benzene rings is 2. The highest BCUT2D eigenvalue weighted by Gasteiger charge is 2.29. The number of sulfonamides is 1. The van der Waals surface area contributed by atoms with Crippen LogP contribution in [0.2, 0.25) is 0 Å². The highest BCUT2D eigenvalue weighted by molar-refractivity contribution is 7.89. The van der Waals surface area contributed by atoms with E-state index in [9.17, 15) is 13.2 Å². The second kappa shape index (κ2) is 10.5. The zero-order valence-electron chi connectivity index (χ0n) is 21.2. The number of fused-ring (bicyclic) bond motifs is 1. The van der Waals surface area contributed by atoms with Gasteiger partial charge in [0, 0.05) is 36.8 Å². The molecule has 0 atom stereocenters. The van der Waals surface area contributed by atoms with Crippen LogP contribution in [0.15, 0.2) is 30.5 Å². The SMILES string of the molecule is CCS(=O)(=O)N1CCC(c2c[nH]c3c(C(N)=O)cc(-c4cc(CNC)c(OC)c(OC)c4)cc23)CC1. The molecular weight excluding hydrogens is 480 g/mol. The van der Waals surface area contributed by atoms with Gasteiger partial charge in [-0.1, -0.05) is 0 Å². The van der Waals surface area contributed by atoms with Crippen LogP contribution in [0.25, 0.3) is 22.0 Å². The van der Waals surface area contributed by atoms with Crippen LogP contribution in [0.1, 0.15) is 47.2 Å². The quantitative estimate of drug-likeness (QED) is 0.403. The van der Waals surface area contributed by atoms with Crippen molar-refractivity contribution in [2.75, 3.05) is 40.1 Å². The summed E-state index contributed by atoms with van der Waals surface area (Å²) < 4.78 is 37.3. The number of aromatic nitrogens is 1. The van der Waals surface area contributed by atoms with Crippen LogP contribution in [0, 0.1) is 0 Å². The Kier molecular flexibility index (Phi) is 7.58. The molecular formula is C26H34N4O5S. The van der Waals surface area contributed by atoms with E-state index < -0.39 is 15.9 Å². The van der Waals surface area contributed by atoms with Gasteiger partial charge in [0.15, 0.2) is 11.5 Å². The number of amides is 1. The fourth-order valence-electron chi connectivity index (χ4n) is 5.11. The van der Waals surface area contributed by atoms with Crippen molar-refractivity contribution in [3.05, 3.63) is 47.2 Å². The summed E-state index contributed by atoms with van der Waals surface area (Å²) in [6, 6.07) is 7.77. The number of carbonyl (C=O) groups excluding carboxylic acids is 1. The number of carbonyl (C=O) groups is 1. The lowest BCUT2D eigenvalue weighted by atomic mass is 9.88. The molecule has 4 rings (SSSR count). The van der Waals surface area contributed by atoms with Gasteiger partial charge in [-0.25, -0.2) is 12.7 Å². The molecule has 2 aromatic carbocycles. The van der Waals surface area contributed by atoms with Gasteiger partial charge in [0.2, 0.25) is 10.0 Å². The third kappa shape index (κ3) is 4.80. The first-order valence-corrected chi connectivity index (χ1v) is 13.7. The van der Waals surface area contributed by atoms with Crippen LogP contribution in [-0.4, -0.2) is 63.7 Å². The molecule has 4 N–H and O–H groups in total. The Balaban J connectivity index is 1.80. The Morgan fingerprint density at radius 1 is 1.14 bits per heavy atom. The third-order valence-corrected chi connectivity index (χ3v) is 8.88. The molecule has 0 saturated carbocycles. The number of H-pyrrole nitrogens is 1. The molecule has 1 aliphatic rings. The third-order valence-electron chi connectivity index (χ3n) is 7.00. The van der Waals surface area contributed by atoms with Crippen molar-refractivity contribution in [3.63, 3.8) is 0 Å². The molecule has 9 nitrogen and oxygen atoms in total. The van der Waals surface area contributed by atoms with Gasteiger partial charge in [-0.15, -0.1) is 0 Å². The zero-order valence-corrected chi connectivity index (χ0v) is 22.0. The fraction of sp³-hybridized carbons (Fsp3) is 0.423. The van der Waals surface area contributed by atoms with Crippen LogP contribution in [0.5, 0.6) is 11.5 Å². The van der Waals surface area contributed by atoms with Gasteiger partial charge in [0.1, 0.15) is 0 Å². The molecule has 2 heterocycles. The maximum absolute atomic E-state index is 12.4. The van der Waals surface area contributed by atoms with Gasteiger partial charge in [0.05, 0.1) is 31.1 Å². The van der Waals surface area contributed by atoms with E-state index in [1.165, 1.54) is 0 Å². The number of nitrogens with zero attached hydrogens (tertiary/aromatic N) is 1. The summed E-state index contributed by atoms with van der Waals surface area (Å²) in [6.45, 7) is 3.22. The van der Waals surface area contributed by atoms with Crippen molar-refractivity contribution in [1.29, 1.82) is 0 Å². The minimum Gasteiger partial charge on any atom is -0.493 e.